The summed E-state index contributed by atoms with van der Waals surface area (Å²) in [7, 11) is 0. The third-order valence-corrected chi connectivity index (χ3v) is 4.18. The predicted molar refractivity (Wildman–Crippen MR) is 97.9 cm³/mol. The quantitative estimate of drug-likeness (QED) is 0.712. The van der Waals surface area contributed by atoms with Crippen molar-refractivity contribution in [3.05, 3.63) is 58.1 Å². The van der Waals surface area contributed by atoms with Crippen LogP contribution in [0.15, 0.2) is 30.3 Å². The van der Waals surface area contributed by atoms with Crippen LogP contribution in [0.5, 0.6) is 11.5 Å². The van der Waals surface area contributed by atoms with Gasteiger partial charge in [0.2, 0.25) is 0 Å². The minimum atomic E-state index is -0.109. The van der Waals surface area contributed by atoms with Crippen LogP contribution < -0.4 is 0 Å². The largest absolute Gasteiger partial charge is 0.508 e. The first kappa shape index (κ1) is 17.1. The standard InChI is InChI=1S/C21H26O2/c1-13(9-16-7-8-19(22)15(3)10-16)17-12-18(21(4,5)6)20(23)11-14(17)2/h7-12,22-23H,1-6H3. The monoisotopic (exact) mass is 310 g/mol. The van der Waals surface area contributed by atoms with Gasteiger partial charge in [-0.05, 0) is 83.8 Å². The molecule has 2 nitrogen and oxygen atoms in total. The van der Waals surface area contributed by atoms with E-state index < -0.39 is 0 Å². The van der Waals surface area contributed by atoms with Crippen molar-refractivity contribution in [2.75, 3.05) is 0 Å². The van der Waals surface area contributed by atoms with E-state index in [1.165, 1.54) is 0 Å². The van der Waals surface area contributed by atoms with Crippen molar-refractivity contribution in [1.82, 2.24) is 0 Å². The number of phenols is 2. The second-order valence-electron chi connectivity index (χ2n) is 7.31. The van der Waals surface area contributed by atoms with Crippen molar-refractivity contribution >= 4 is 11.6 Å². The topological polar surface area (TPSA) is 40.5 Å². The predicted octanol–water partition coefficient (Wildman–Crippen LogP) is 5.57. The van der Waals surface area contributed by atoms with Crippen molar-refractivity contribution in [3.8, 4) is 11.5 Å². The van der Waals surface area contributed by atoms with Gasteiger partial charge in [0, 0.05) is 0 Å². The van der Waals surface area contributed by atoms with Gasteiger partial charge >= 0.3 is 0 Å². The summed E-state index contributed by atoms with van der Waals surface area (Å²) >= 11 is 0. The van der Waals surface area contributed by atoms with E-state index in [-0.39, 0.29) is 5.41 Å². The third-order valence-electron chi connectivity index (χ3n) is 4.18. The molecule has 0 aliphatic heterocycles. The average molecular weight is 310 g/mol. The summed E-state index contributed by atoms with van der Waals surface area (Å²) in [5.74, 6) is 0.669. The summed E-state index contributed by atoms with van der Waals surface area (Å²) in [6, 6.07) is 9.53. The van der Waals surface area contributed by atoms with E-state index in [0.717, 1.165) is 33.4 Å². The highest BCUT2D eigenvalue weighted by molar-refractivity contribution is 5.82. The van der Waals surface area contributed by atoms with Gasteiger partial charge in [0.15, 0.2) is 0 Å². The molecule has 23 heavy (non-hydrogen) atoms. The Hall–Kier alpha value is -2.22. The highest BCUT2D eigenvalue weighted by Gasteiger charge is 2.20. The Bertz CT molecular complexity index is 762. The Labute approximate surface area is 139 Å². The van der Waals surface area contributed by atoms with E-state index in [1.807, 2.05) is 32.0 Å². The maximum absolute atomic E-state index is 10.2. The van der Waals surface area contributed by atoms with E-state index in [4.69, 9.17) is 0 Å². The number of rotatable bonds is 2. The minimum Gasteiger partial charge on any atom is -0.508 e. The molecule has 0 heterocycles. The maximum Gasteiger partial charge on any atom is 0.119 e. The van der Waals surface area contributed by atoms with Crippen LogP contribution in [0.2, 0.25) is 0 Å². The van der Waals surface area contributed by atoms with Gasteiger partial charge in [-0.15, -0.1) is 0 Å². The molecule has 0 saturated carbocycles. The molecule has 0 unspecified atom stereocenters. The summed E-state index contributed by atoms with van der Waals surface area (Å²) in [6.45, 7) is 12.3. The molecule has 2 rings (SSSR count). The molecule has 2 heteroatoms. The minimum absolute atomic E-state index is 0.109. The molecule has 122 valence electrons. The van der Waals surface area contributed by atoms with E-state index >= 15 is 0 Å². The number of hydrogen-bond donors (Lipinski definition) is 2. The number of aryl methyl sites for hydroxylation is 2. The van der Waals surface area contributed by atoms with Crippen LogP contribution >= 0.6 is 0 Å². The van der Waals surface area contributed by atoms with Crippen LogP contribution in [-0.4, -0.2) is 10.2 Å². The fourth-order valence-electron chi connectivity index (χ4n) is 2.81. The van der Waals surface area contributed by atoms with Gasteiger partial charge in [-0.3, -0.25) is 0 Å². The average Bonchev–Trinajstić information content (AvgIpc) is 2.41. The third kappa shape index (κ3) is 3.76. The van der Waals surface area contributed by atoms with Gasteiger partial charge in [0.1, 0.15) is 11.5 Å². The molecule has 0 atom stereocenters. The summed E-state index contributed by atoms with van der Waals surface area (Å²) in [6.07, 6.45) is 2.11. The number of hydrogen-bond acceptors (Lipinski definition) is 2. The smallest absolute Gasteiger partial charge is 0.119 e. The fraction of sp³-hybridized carbons (Fsp3) is 0.333. The molecule has 0 aliphatic carbocycles. The van der Waals surface area contributed by atoms with Crippen LogP contribution in [0, 0.1) is 13.8 Å². The lowest BCUT2D eigenvalue weighted by atomic mass is 9.83. The van der Waals surface area contributed by atoms with Gasteiger partial charge in [0.05, 0.1) is 0 Å². The second kappa shape index (κ2) is 6.11. The number of aromatic hydroxyl groups is 2. The van der Waals surface area contributed by atoms with Crippen molar-refractivity contribution in [2.24, 2.45) is 0 Å². The molecular formula is C21H26O2. The van der Waals surface area contributed by atoms with Crippen molar-refractivity contribution in [2.45, 2.75) is 47.0 Å². The van der Waals surface area contributed by atoms with Crippen LogP contribution in [0.25, 0.3) is 11.6 Å². The van der Waals surface area contributed by atoms with E-state index in [1.54, 1.807) is 6.07 Å². The van der Waals surface area contributed by atoms with Gasteiger partial charge in [-0.25, -0.2) is 0 Å². The Morgan fingerprint density at radius 2 is 1.57 bits per heavy atom. The van der Waals surface area contributed by atoms with Crippen molar-refractivity contribution in [1.29, 1.82) is 0 Å². The lowest BCUT2D eigenvalue weighted by molar-refractivity contribution is 0.446. The molecular weight excluding hydrogens is 284 g/mol. The molecule has 0 amide bonds. The van der Waals surface area contributed by atoms with Crippen LogP contribution in [0.4, 0.5) is 0 Å². The lowest BCUT2D eigenvalue weighted by Crippen LogP contribution is -2.12. The van der Waals surface area contributed by atoms with E-state index in [9.17, 15) is 10.2 Å². The molecule has 2 aromatic rings. The Morgan fingerprint density at radius 3 is 2.13 bits per heavy atom. The fourth-order valence-corrected chi connectivity index (χ4v) is 2.81. The Morgan fingerprint density at radius 1 is 0.913 bits per heavy atom. The zero-order chi connectivity index (χ0) is 17.4. The molecule has 0 spiro atoms. The summed E-state index contributed by atoms with van der Waals surface area (Å²) in [5, 5.41) is 19.9. The number of benzene rings is 2. The first-order valence-electron chi connectivity index (χ1n) is 7.92. The molecule has 0 aliphatic rings. The van der Waals surface area contributed by atoms with Crippen molar-refractivity contribution < 1.29 is 10.2 Å². The Balaban J connectivity index is 2.52. The summed E-state index contributed by atoms with van der Waals surface area (Å²) in [5.41, 5.74) is 6.10. The molecule has 0 bridgehead atoms. The molecule has 0 radical (unpaired) electrons. The van der Waals surface area contributed by atoms with Gasteiger partial charge in [-0.1, -0.05) is 32.9 Å². The molecule has 2 aromatic carbocycles. The zero-order valence-corrected chi connectivity index (χ0v) is 14.9. The lowest BCUT2D eigenvalue weighted by Gasteiger charge is -2.22. The van der Waals surface area contributed by atoms with Gasteiger partial charge in [-0.2, -0.15) is 0 Å². The van der Waals surface area contributed by atoms with Crippen LogP contribution in [0.3, 0.4) is 0 Å². The highest BCUT2D eigenvalue weighted by atomic mass is 16.3. The zero-order valence-electron chi connectivity index (χ0n) is 14.9. The highest BCUT2D eigenvalue weighted by Crippen LogP contribution is 2.35. The molecule has 0 fully saturated rings. The van der Waals surface area contributed by atoms with E-state index in [0.29, 0.717) is 11.5 Å². The molecule has 0 saturated heterocycles. The molecule has 2 N–H and O–H groups in total. The summed E-state index contributed by atoms with van der Waals surface area (Å²) in [4.78, 5) is 0. The normalized spacial score (nSPS) is 12.5. The maximum atomic E-state index is 10.2. The number of allylic oxidation sites excluding steroid dienone is 1. The van der Waals surface area contributed by atoms with Gasteiger partial charge in [0.25, 0.3) is 0 Å². The number of phenolic OH excluding ortho intramolecular Hbond substituents is 2. The SMILES string of the molecule is CC(=Cc1ccc(O)c(C)c1)c1cc(C(C)(C)C)c(O)cc1C. The van der Waals surface area contributed by atoms with Gasteiger partial charge < -0.3 is 10.2 Å². The first-order chi connectivity index (χ1) is 10.6. The second-order valence-corrected chi connectivity index (χ2v) is 7.31. The van der Waals surface area contributed by atoms with Crippen molar-refractivity contribution in [3.63, 3.8) is 0 Å². The van der Waals surface area contributed by atoms with Crippen LogP contribution in [0.1, 0.15) is 55.5 Å². The van der Waals surface area contributed by atoms with Crippen LogP contribution in [-0.2, 0) is 5.41 Å². The first-order valence-corrected chi connectivity index (χ1v) is 7.92. The molecule has 0 aromatic heterocycles. The Kier molecular flexibility index (Phi) is 4.56. The van der Waals surface area contributed by atoms with E-state index in [2.05, 4.69) is 39.8 Å². The summed E-state index contributed by atoms with van der Waals surface area (Å²) < 4.78 is 0.